The Bertz CT molecular complexity index is 395. The van der Waals surface area contributed by atoms with E-state index >= 15 is 0 Å². The second-order valence-electron chi connectivity index (χ2n) is 6.28. The van der Waals surface area contributed by atoms with Gasteiger partial charge in [-0.05, 0) is 51.7 Å². The Kier molecular flexibility index (Phi) is 4.18. The molecule has 0 radical (unpaired) electrons. The zero-order valence-corrected chi connectivity index (χ0v) is 12.0. The maximum atomic E-state index is 4.40. The Hall–Kier alpha value is -0.870. The van der Waals surface area contributed by atoms with Gasteiger partial charge in [-0.25, -0.2) is 4.98 Å². The summed E-state index contributed by atoms with van der Waals surface area (Å²) in [5.74, 6) is 1.46. The minimum Gasteiger partial charge on any atom is -0.334 e. The SMILES string of the molecule is CN1CCCC(Cn2cncc2C2CCCNC2)C1. The van der Waals surface area contributed by atoms with Crippen molar-refractivity contribution < 1.29 is 0 Å². The summed E-state index contributed by atoms with van der Waals surface area (Å²) in [6.07, 6.45) is 9.44. The molecule has 106 valence electrons. The average Bonchev–Trinajstić information content (AvgIpc) is 2.88. The predicted octanol–water partition coefficient (Wildman–Crippen LogP) is 1.69. The lowest BCUT2D eigenvalue weighted by Gasteiger charge is -2.31. The normalized spacial score (nSPS) is 29.5. The zero-order valence-electron chi connectivity index (χ0n) is 12.0. The van der Waals surface area contributed by atoms with E-state index in [1.165, 1.54) is 51.0 Å². The lowest BCUT2D eigenvalue weighted by Crippen LogP contribution is -2.35. The van der Waals surface area contributed by atoms with E-state index in [1.807, 2.05) is 6.33 Å². The molecule has 19 heavy (non-hydrogen) atoms. The fraction of sp³-hybridized carbons (Fsp3) is 0.800. The van der Waals surface area contributed by atoms with Crippen LogP contribution in [-0.2, 0) is 6.54 Å². The van der Waals surface area contributed by atoms with Gasteiger partial charge in [-0.15, -0.1) is 0 Å². The molecule has 0 bridgehead atoms. The second-order valence-corrected chi connectivity index (χ2v) is 6.28. The van der Waals surface area contributed by atoms with Gasteiger partial charge in [0.15, 0.2) is 0 Å². The van der Waals surface area contributed by atoms with Crippen molar-refractivity contribution in [3.8, 4) is 0 Å². The van der Waals surface area contributed by atoms with E-state index in [1.54, 1.807) is 0 Å². The van der Waals surface area contributed by atoms with Crippen LogP contribution < -0.4 is 5.32 Å². The highest BCUT2D eigenvalue weighted by Crippen LogP contribution is 2.25. The monoisotopic (exact) mass is 262 g/mol. The number of nitrogens with one attached hydrogen (secondary N) is 1. The zero-order chi connectivity index (χ0) is 13.1. The molecule has 1 N–H and O–H groups in total. The van der Waals surface area contributed by atoms with Gasteiger partial charge in [-0.1, -0.05) is 0 Å². The summed E-state index contributed by atoms with van der Waals surface area (Å²) in [4.78, 5) is 6.87. The predicted molar refractivity (Wildman–Crippen MR) is 77.3 cm³/mol. The highest BCUT2D eigenvalue weighted by Gasteiger charge is 2.22. The lowest BCUT2D eigenvalue weighted by atomic mass is 9.95. The Morgan fingerprint density at radius 1 is 1.37 bits per heavy atom. The van der Waals surface area contributed by atoms with E-state index in [0.29, 0.717) is 5.92 Å². The molecular formula is C15H26N4. The minimum atomic E-state index is 0.664. The molecule has 1 aromatic heterocycles. The van der Waals surface area contributed by atoms with Crippen LogP contribution in [0.1, 0.15) is 37.3 Å². The van der Waals surface area contributed by atoms with Crippen LogP contribution in [0.15, 0.2) is 12.5 Å². The first-order valence-corrected chi connectivity index (χ1v) is 7.72. The van der Waals surface area contributed by atoms with Crippen molar-refractivity contribution in [1.29, 1.82) is 0 Å². The van der Waals surface area contributed by atoms with Gasteiger partial charge >= 0.3 is 0 Å². The quantitative estimate of drug-likeness (QED) is 0.900. The molecule has 3 rings (SSSR count). The number of hydrogen-bond acceptors (Lipinski definition) is 3. The number of hydrogen-bond donors (Lipinski definition) is 1. The van der Waals surface area contributed by atoms with Gasteiger partial charge in [0.1, 0.15) is 0 Å². The molecule has 2 atom stereocenters. The van der Waals surface area contributed by atoms with Crippen LogP contribution in [0.25, 0.3) is 0 Å². The van der Waals surface area contributed by atoms with E-state index in [9.17, 15) is 0 Å². The van der Waals surface area contributed by atoms with Gasteiger partial charge < -0.3 is 14.8 Å². The van der Waals surface area contributed by atoms with Crippen LogP contribution in [0.4, 0.5) is 0 Å². The number of imidazole rings is 1. The van der Waals surface area contributed by atoms with E-state index < -0.39 is 0 Å². The molecule has 4 heteroatoms. The maximum absolute atomic E-state index is 4.40. The average molecular weight is 262 g/mol. The van der Waals surface area contributed by atoms with Crippen LogP contribution in [0, 0.1) is 5.92 Å². The first-order chi connectivity index (χ1) is 9.33. The van der Waals surface area contributed by atoms with Crippen LogP contribution in [0.3, 0.4) is 0 Å². The van der Waals surface area contributed by atoms with Gasteiger partial charge in [0.05, 0.1) is 6.33 Å². The maximum Gasteiger partial charge on any atom is 0.0948 e. The van der Waals surface area contributed by atoms with Crippen LogP contribution in [-0.4, -0.2) is 47.7 Å². The Morgan fingerprint density at radius 2 is 2.32 bits per heavy atom. The molecule has 0 aliphatic carbocycles. The Balaban J connectivity index is 1.65. The van der Waals surface area contributed by atoms with Crippen molar-refractivity contribution in [3.05, 3.63) is 18.2 Å². The Morgan fingerprint density at radius 3 is 3.11 bits per heavy atom. The van der Waals surface area contributed by atoms with Gasteiger partial charge in [0.2, 0.25) is 0 Å². The standard InChI is InChI=1S/C15H26N4/c1-18-7-3-4-13(10-18)11-19-12-17-9-15(19)14-5-2-6-16-8-14/h9,12-14,16H,2-8,10-11H2,1H3. The van der Waals surface area contributed by atoms with Crippen LogP contribution in [0.5, 0.6) is 0 Å². The largest absolute Gasteiger partial charge is 0.334 e. The molecule has 2 unspecified atom stereocenters. The second kappa shape index (κ2) is 6.06. The van der Waals surface area contributed by atoms with Gasteiger partial charge in [-0.2, -0.15) is 0 Å². The van der Waals surface area contributed by atoms with Gasteiger partial charge in [0, 0.05) is 37.4 Å². The third-order valence-electron chi connectivity index (χ3n) is 4.64. The van der Waals surface area contributed by atoms with Crippen molar-refractivity contribution in [3.63, 3.8) is 0 Å². The molecule has 0 amide bonds. The molecule has 2 saturated heterocycles. The summed E-state index contributed by atoms with van der Waals surface area (Å²) >= 11 is 0. The summed E-state index contributed by atoms with van der Waals surface area (Å²) < 4.78 is 2.42. The molecule has 0 saturated carbocycles. The first kappa shape index (κ1) is 13.1. The number of nitrogens with zero attached hydrogens (tertiary/aromatic N) is 3. The highest BCUT2D eigenvalue weighted by molar-refractivity contribution is 5.08. The van der Waals surface area contributed by atoms with E-state index in [-0.39, 0.29) is 0 Å². The molecule has 2 aliphatic heterocycles. The summed E-state index contributed by atoms with van der Waals surface area (Å²) in [6, 6.07) is 0. The number of likely N-dealkylation sites (tertiary alicyclic amines) is 1. The molecular weight excluding hydrogens is 236 g/mol. The van der Waals surface area contributed by atoms with Crippen LogP contribution in [0.2, 0.25) is 0 Å². The topological polar surface area (TPSA) is 33.1 Å². The molecule has 0 aromatic carbocycles. The highest BCUT2D eigenvalue weighted by atomic mass is 15.1. The number of piperidine rings is 2. The van der Waals surface area contributed by atoms with Crippen molar-refractivity contribution in [2.75, 3.05) is 33.2 Å². The minimum absolute atomic E-state index is 0.664. The van der Waals surface area contributed by atoms with E-state index in [4.69, 9.17) is 0 Å². The molecule has 0 spiro atoms. The van der Waals surface area contributed by atoms with E-state index in [2.05, 4.69) is 33.0 Å². The summed E-state index contributed by atoms with van der Waals surface area (Å²) in [5, 5.41) is 3.51. The third kappa shape index (κ3) is 3.18. The molecule has 1 aromatic rings. The lowest BCUT2D eigenvalue weighted by molar-refractivity contribution is 0.193. The molecule has 3 heterocycles. The van der Waals surface area contributed by atoms with Gasteiger partial charge in [0.25, 0.3) is 0 Å². The molecule has 2 aliphatic rings. The van der Waals surface area contributed by atoms with Crippen LogP contribution >= 0.6 is 0 Å². The molecule has 2 fully saturated rings. The smallest absolute Gasteiger partial charge is 0.0948 e. The number of rotatable bonds is 3. The van der Waals surface area contributed by atoms with Crippen molar-refractivity contribution in [1.82, 2.24) is 19.8 Å². The first-order valence-electron chi connectivity index (χ1n) is 7.72. The van der Waals surface area contributed by atoms with Crippen molar-refractivity contribution >= 4 is 0 Å². The van der Waals surface area contributed by atoms with Crippen molar-refractivity contribution in [2.45, 2.75) is 38.1 Å². The summed E-state index contributed by atoms with van der Waals surface area (Å²) in [7, 11) is 2.24. The Labute approximate surface area is 116 Å². The summed E-state index contributed by atoms with van der Waals surface area (Å²) in [5.41, 5.74) is 1.44. The fourth-order valence-electron chi connectivity index (χ4n) is 3.63. The summed E-state index contributed by atoms with van der Waals surface area (Å²) in [6.45, 7) is 5.95. The fourth-order valence-corrected chi connectivity index (χ4v) is 3.63. The van der Waals surface area contributed by atoms with Crippen molar-refractivity contribution in [2.24, 2.45) is 5.92 Å². The third-order valence-corrected chi connectivity index (χ3v) is 4.64. The molecule has 4 nitrogen and oxygen atoms in total. The van der Waals surface area contributed by atoms with E-state index in [0.717, 1.165) is 19.0 Å². The van der Waals surface area contributed by atoms with Gasteiger partial charge in [-0.3, -0.25) is 0 Å². The number of aromatic nitrogens is 2.